The number of aryl methyl sites for hydroxylation is 2. The van der Waals surface area contributed by atoms with Gasteiger partial charge in [0.05, 0.1) is 5.56 Å². The molecule has 24 heavy (non-hydrogen) atoms. The van der Waals surface area contributed by atoms with E-state index in [1.165, 1.54) is 24.1 Å². The van der Waals surface area contributed by atoms with Gasteiger partial charge in [0.2, 0.25) is 0 Å². The highest BCUT2D eigenvalue weighted by Crippen LogP contribution is 2.29. The van der Waals surface area contributed by atoms with Gasteiger partial charge in [0.15, 0.2) is 0 Å². The molecule has 0 aromatic carbocycles. The van der Waals surface area contributed by atoms with Crippen molar-refractivity contribution in [3.63, 3.8) is 0 Å². The van der Waals surface area contributed by atoms with Crippen LogP contribution < -0.4 is 4.90 Å². The fraction of sp³-hybridized carbons (Fsp3) is 0.556. The van der Waals surface area contributed by atoms with Crippen LogP contribution in [0.2, 0.25) is 0 Å². The molecule has 3 heterocycles. The number of hydrogen-bond donors (Lipinski definition) is 0. The van der Waals surface area contributed by atoms with Gasteiger partial charge in [-0.1, -0.05) is 0 Å². The largest absolute Gasteiger partial charge is 0.355 e. The lowest BCUT2D eigenvalue weighted by molar-refractivity contribution is 0.341. The second kappa shape index (κ2) is 6.60. The monoisotopic (exact) mass is 322 g/mol. The molecule has 0 atom stereocenters. The Bertz CT molecular complexity index is 738. The third-order valence-electron chi connectivity index (χ3n) is 5.23. The first-order chi connectivity index (χ1) is 11.8. The van der Waals surface area contributed by atoms with Crippen LogP contribution in [0.25, 0.3) is 0 Å². The maximum atomic E-state index is 9.54. The second-order valence-corrected chi connectivity index (χ2v) is 6.83. The predicted molar refractivity (Wildman–Crippen MR) is 90.6 cm³/mol. The van der Waals surface area contributed by atoms with Crippen LogP contribution in [0.5, 0.6) is 0 Å². The van der Waals surface area contributed by atoms with E-state index in [4.69, 9.17) is 4.98 Å². The van der Waals surface area contributed by atoms with E-state index in [2.05, 4.69) is 27.1 Å². The standard InChI is InChI=1S/C18H22N6/c19-10-16-9-15-3-1-2-4-17(15)22-18(16)23-7-5-14(6-8-23)11-24-13-20-12-21-24/h9,12-14H,1-8,11H2. The lowest BCUT2D eigenvalue weighted by Gasteiger charge is -2.33. The molecule has 0 amide bonds. The SMILES string of the molecule is N#Cc1cc2c(nc1N1CCC(Cn3cncn3)CC1)CCCC2. The smallest absolute Gasteiger partial charge is 0.146 e. The van der Waals surface area contributed by atoms with Gasteiger partial charge in [-0.25, -0.2) is 9.97 Å². The second-order valence-electron chi connectivity index (χ2n) is 6.83. The van der Waals surface area contributed by atoms with Crippen LogP contribution in [0.4, 0.5) is 5.82 Å². The molecule has 6 nitrogen and oxygen atoms in total. The van der Waals surface area contributed by atoms with E-state index in [9.17, 15) is 5.26 Å². The van der Waals surface area contributed by atoms with Crippen molar-refractivity contribution in [2.45, 2.75) is 45.1 Å². The molecular weight excluding hydrogens is 300 g/mol. The Hall–Kier alpha value is -2.42. The Labute approximate surface area is 142 Å². The van der Waals surface area contributed by atoms with Gasteiger partial charge in [-0.2, -0.15) is 10.4 Å². The van der Waals surface area contributed by atoms with Gasteiger partial charge in [0.25, 0.3) is 0 Å². The maximum Gasteiger partial charge on any atom is 0.146 e. The fourth-order valence-corrected chi connectivity index (χ4v) is 3.86. The molecule has 0 bridgehead atoms. The molecule has 0 unspecified atom stereocenters. The molecule has 2 aromatic rings. The summed E-state index contributed by atoms with van der Waals surface area (Å²) >= 11 is 0. The highest BCUT2D eigenvalue weighted by molar-refractivity contribution is 5.56. The number of fused-ring (bicyclic) bond motifs is 1. The molecular formula is C18H22N6. The Balaban J connectivity index is 1.48. The summed E-state index contributed by atoms with van der Waals surface area (Å²) in [5, 5.41) is 13.7. The average molecular weight is 322 g/mol. The Morgan fingerprint density at radius 3 is 2.79 bits per heavy atom. The molecule has 1 saturated heterocycles. The van der Waals surface area contributed by atoms with Gasteiger partial charge >= 0.3 is 0 Å². The van der Waals surface area contributed by atoms with Crippen LogP contribution in [-0.4, -0.2) is 32.8 Å². The summed E-state index contributed by atoms with van der Waals surface area (Å²) in [4.78, 5) is 11.2. The topological polar surface area (TPSA) is 70.6 Å². The van der Waals surface area contributed by atoms with Crippen molar-refractivity contribution in [1.29, 1.82) is 5.26 Å². The summed E-state index contributed by atoms with van der Waals surface area (Å²) in [6.07, 6.45) is 10.1. The van der Waals surface area contributed by atoms with Crippen molar-refractivity contribution in [2.24, 2.45) is 5.92 Å². The number of rotatable bonds is 3. The van der Waals surface area contributed by atoms with E-state index >= 15 is 0 Å². The highest BCUT2D eigenvalue weighted by Gasteiger charge is 2.24. The number of nitriles is 1. The van der Waals surface area contributed by atoms with E-state index in [0.717, 1.165) is 56.7 Å². The Kier molecular flexibility index (Phi) is 4.16. The minimum Gasteiger partial charge on any atom is -0.355 e. The van der Waals surface area contributed by atoms with Crippen molar-refractivity contribution < 1.29 is 0 Å². The first-order valence-corrected chi connectivity index (χ1v) is 8.84. The fourth-order valence-electron chi connectivity index (χ4n) is 3.86. The predicted octanol–water partition coefficient (Wildman–Crippen LogP) is 2.34. The summed E-state index contributed by atoms with van der Waals surface area (Å²) in [6.45, 7) is 2.84. The maximum absolute atomic E-state index is 9.54. The van der Waals surface area contributed by atoms with Crippen LogP contribution >= 0.6 is 0 Å². The van der Waals surface area contributed by atoms with Gasteiger partial charge in [-0.15, -0.1) is 0 Å². The van der Waals surface area contributed by atoms with E-state index in [0.29, 0.717) is 5.92 Å². The van der Waals surface area contributed by atoms with Gasteiger partial charge in [0.1, 0.15) is 24.5 Å². The zero-order valence-electron chi connectivity index (χ0n) is 13.9. The van der Waals surface area contributed by atoms with Crippen LogP contribution in [-0.2, 0) is 19.4 Å². The quantitative estimate of drug-likeness (QED) is 0.867. The third-order valence-corrected chi connectivity index (χ3v) is 5.23. The Morgan fingerprint density at radius 2 is 2.04 bits per heavy atom. The van der Waals surface area contributed by atoms with Crippen LogP contribution in [0.15, 0.2) is 18.7 Å². The summed E-state index contributed by atoms with van der Waals surface area (Å²) in [5.74, 6) is 1.52. The van der Waals surface area contributed by atoms with Crippen molar-refractivity contribution in [1.82, 2.24) is 19.7 Å². The van der Waals surface area contributed by atoms with Gasteiger partial charge in [0, 0.05) is 25.3 Å². The molecule has 0 N–H and O–H groups in total. The minimum atomic E-state index is 0.617. The number of aromatic nitrogens is 4. The number of nitrogens with zero attached hydrogens (tertiary/aromatic N) is 6. The number of piperidine rings is 1. The lowest BCUT2D eigenvalue weighted by Crippen LogP contribution is -2.36. The van der Waals surface area contributed by atoms with E-state index in [1.807, 2.05) is 4.68 Å². The molecule has 124 valence electrons. The van der Waals surface area contributed by atoms with Crippen molar-refractivity contribution in [2.75, 3.05) is 18.0 Å². The molecule has 1 fully saturated rings. The number of hydrogen-bond acceptors (Lipinski definition) is 5. The molecule has 0 spiro atoms. The van der Waals surface area contributed by atoms with E-state index < -0.39 is 0 Å². The van der Waals surface area contributed by atoms with Gasteiger partial charge < -0.3 is 4.90 Å². The number of anilines is 1. The summed E-state index contributed by atoms with van der Waals surface area (Å²) in [7, 11) is 0. The molecule has 2 aliphatic rings. The molecule has 2 aromatic heterocycles. The summed E-state index contributed by atoms with van der Waals surface area (Å²) in [5.41, 5.74) is 3.23. The van der Waals surface area contributed by atoms with E-state index in [-0.39, 0.29) is 0 Å². The zero-order chi connectivity index (χ0) is 16.4. The first-order valence-electron chi connectivity index (χ1n) is 8.84. The van der Waals surface area contributed by atoms with E-state index in [1.54, 1.807) is 12.7 Å². The van der Waals surface area contributed by atoms with Gasteiger partial charge in [-0.05, 0) is 56.1 Å². The summed E-state index contributed by atoms with van der Waals surface area (Å²) in [6, 6.07) is 4.45. The normalized spacial score (nSPS) is 18.2. The first kappa shape index (κ1) is 15.1. The minimum absolute atomic E-state index is 0.617. The molecule has 1 aliphatic heterocycles. The highest BCUT2D eigenvalue weighted by atomic mass is 15.3. The summed E-state index contributed by atoms with van der Waals surface area (Å²) < 4.78 is 1.91. The third kappa shape index (κ3) is 2.99. The zero-order valence-corrected chi connectivity index (χ0v) is 13.9. The molecule has 4 rings (SSSR count). The van der Waals surface area contributed by atoms with Gasteiger partial charge in [-0.3, -0.25) is 4.68 Å². The molecule has 6 heteroatoms. The van der Waals surface area contributed by atoms with Crippen LogP contribution in [0.1, 0.15) is 42.5 Å². The van der Waals surface area contributed by atoms with Crippen molar-refractivity contribution in [3.05, 3.63) is 35.5 Å². The van der Waals surface area contributed by atoms with Crippen molar-refractivity contribution >= 4 is 5.82 Å². The molecule has 0 saturated carbocycles. The molecule has 0 radical (unpaired) electrons. The van der Waals surface area contributed by atoms with Crippen molar-refractivity contribution in [3.8, 4) is 6.07 Å². The Morgan fingerprint density at radius 1 is 1.21 bits per heavy atom. The average Bonchev–Trinajstić information content (AvgIpc) is 3.14. The van der Waals surface area contributed by atoms with Crippen LogP contribution in [0, 0.1) is 17.2 Å². The lowest BCUT2D eigenvalue weighted by atomic mass is 9.93. The molecule has 1 aliphatic carbocycles. The van der Waals surface area contributed by atoms with Crippen LogP contribution in [0.3, 0.4) is 0 Å². The number of pyridine rings is 1.